The zero-order valence-corrected chi connectivity index (χ0v) is 17.8. The van der Waals surface area contributed by atoms with Gasteiger partial charge in [0, 0.05) is 30.9 Å². The zero-order chi connectivity index (χ0) is 21.3. The van der Waals surface area contributed by atoms with Gasteiger partial charge in [-0.2, -0.15) is 0 Å². The van der Waals surface area contributed by atoms with Crippen LogP contribution in [0.15, 0.2) is 29.3 Å². The molecule has 7 nitrogen and oxygen atoms in total. The number of hydrogen-bond donors (Lipinski definition) is 2. The van der Waals surface area contributed by atoms with Crippen LogP contribution < -0.4 is 14.8 Å². The van der Waals surface area contributed by atoms with Crippen molar-refractivity contribution >= 4 is 21.6 Å². The second-order valence-electron chi connectivity index (χ2n) is 7.32. The fourth-order valence-corrected chi connectivity index (χ4v) is 5.15. The van der Waals surface area contributed by atoms with Crippen LogP contribution in [-0.4, -0.2) is 31.5 Å². The van der Waals surface area contributed by atoms with Crippen molar-refractivity contribution in [3.8, 4) is 5.75 Å². The van der Waals surface area contributed by atoms with Crippen molar-refractivity contribution in [2.24, 2.45) is 13.0 Å². The van der Waals surface area contributed by atoms with Gasteiger partial charge in [0.05, 0.1) is 6.61 Å². The number of benzene rings is 1. The maximum atomic E-state index is 13.5. The van der Waals surface area contributed by atoms with Crippen LogP contribution in [0.25, 0.3) is 0 Å². The highest BCUT2D eigenvalue weighted by molar-refractivity contribution is 7.89. The van der Waals surface area contributed by atoms with E-state index in [1.807, 2.05) is 13.8 Å². The molecule has 3 rings (SSSR count). The molecule has 0 bridgehead atoms. The summed E-state index contributed by atoms with van der Waals surface area (Å²) >= 11 is 0. The number of rotatable bonds is 4. The first-order valence-corrected chi connectivity index (χ1v) is 11.1. The number of aryl methyl sites for hydroxylation is 2. The van der Waals surface area contributed by atoms with Crippen LogP contribution in [0.5, 0.6) is 5.75 Å². The Balaban J connectivity index is 2.00. The summed E-state index contributed by atoms with van der Waals surface area (Å²) < 4.78 is 49.4. The number of ether oxygens (including phenoxy) is 1. The van der Waals surface area contributed by atoms with Gasteiger partial charge in [-0.3, -0.25) is 4.79 Å². The number of halogens is 1. The number of nitrogens with one attached hydrogen (secondary N) is 2. The van der Waals surface area contributed by atoms with E-state index in [9.17, 15) is 17.6 Å². The summed E-state index contributed by atoms with van der Waals surface area (Å²) in [5.74, 6) is -0.887. The average molecular weight is 424 g/mol. The average Bonchev–Trinajstić information content (AvgIpc) is 3.00. The van der Waals surface area contributed by atoms with Crippen LogP contribution in [0.4, 0.5) is 10.1 Å². The number of nitrogens with zero attached hydrogens (tertiary/aromatic N) is 1. The quantitative estimate of drug-likeness (QED) is 0.790. The third-order valence-electron chi connectivity index (χ3n) is 5.30. The van der Waals surface area contributed by atoms with E-state index in [1.165, 1.54) is 29.0 Å². The Labute approximate surface area is 170 Å². The Morgan fingerprint density at radius 1 is 1.34 bits per heavy atom. The molecule has 2 aromatic rings. The Morgan fingerprint density at radius 3 is 2.69 bits per heavy atom. The van der Waals surface area contributed by atoms with E-state index >= 15 is 0 Å². The minimum Gasteiger partial charge on any atom is -0.489 e. The second-order valence-corrected chi connectivity index (χ2v) is 9.00. The SMILES string of the molecule is CCC1COc2c(cn(C)c2C(=O)Nc2ccc(F)c(C)c2)S(=O)(=O)N[C@H]1CC. The lowest BCUT2D eigenvalue weighted by atomic mass is 9.96. The highest BCUT2D eigenvalue weighted by Crippen LogP contribution is 2.34. The summed E-state index contributed by atoms with van der Waals surface area (Å²) in [4.78, 5) is 12.9. The highest BCUT2D eigenvalue weighted by atomic mass is 32.2. The van der Waals surface area contributed by atoms with E-state index < -0.39 is 15.9 Å². The van der Waals surface area contributed by atoms with E-state index in [4.69, 9.17) is 4.74 Å². The monoisotopic (exact) mass is 423 g/mol. The molecule has 1 aromatic carbocycles. The van der Waals surface area contributed by atoms with E-state index in [0.717, 1.165) is 6.42 Å². The summed E-state index contributed by atoms with van der Waals surface area (Å²) in [6.45, 7) is 5.79. The first-order valence-electron chi connectivity index (χ1n) is 9.59. The van der Waals surface area contributed by atoms with Gasteiger partial charge in [-0.15, -0.1) is 0 Å². The number of aromatic nitrogens is 1. The second kappa shape index (κ2) is 8.16. The number of carbonyl (C=O) groups is 1. The van der Waals surface area contributed by atoms with Crippen molar-refractivity contribution in [2.75, 3.05) is 11.9 Å². The number of carbonyl (C=O) groups excluding carboxylic acids is 1. The summed E-state index contributed by atoms with van der Waals surface area (Å²) in [5.41, 5.74) is 0.898. The predicted molar refractivity (Wildman–Crippen MR) is 108 cm³/mol. The van der Waals surface area contributed by atoms with Gasteiger partial charge in [0.2, 0.25) is 10.0 Å². The Kier molecular flexibility index (Phi) is 6.00. The third kappa shape index (κ3) is 4.16. The number of fused-ring (bicyclic) bond motifs is 1. The third-order valence-corrected chi connectivity index (χ3v) is 6.79. The molecule has 1 aliphatic rings. The van der Waals surface area contributed by atoms with Gasteiger partial charge in [0.15, 0.2) is 11.4 Å². The van der Waals surface area contributed by atoms with Crippen molar-refractivity contribution in [2.45, 2.75) is 44.6 Å². The summed E-state index contributed by atoms with van der Waals surface area (Å²) in [5, 5.41) is 2.69. The highest BCUT2D eigenvalue weighted by Gasteiger charge is 2.35. The first kappa shape index (κ1) is 21.3. The van der Waals surface area contributed by atoms with Gasteiger partial charge in [-0.1, -0.05) is 13.8 Å². The molecule has 0 saturated carbocycles. The van der Waals surface area contributed by atoms with Crippen molar-refractivity contribution < 1.29 is 22.3 Å². The maximum Gasteiger partial charge on any atom is 0.276 e. The van der Waals surface area contributed by atoms with Crippen LogP contribution in [0, 0.1) is 18.7 Å². The van der Waals surface area contributed by atoms with Crippen LogP contribution in [-0.2, 0) is 17.1 Å². The van der Waals surface area contributed by atoms with Crippen molar-refractivity contribution in [1.29, 1.82) is 0 Å². The fourth-order valence-electron chi connectivity index (χ4n) is 3.57. The number of hydrogen-bond acceptors (Lipinski definition) is 4. The molecule has 1 aromatic heterocycles. The van der Waals surface area contributed by atoms with Gasteiger partial charge in [0.1, 0.15) is 10.7 Å². The Bertz CT molecular complexity index is 1030. The topological polar surface area (TPSA) is 89.4 Å². The summed E-state index contributed by atoms with van der Waals surface area (Å²) in [7, 11) is -2.27. The predicted octanol–water partition coefficient (Wildman–Crippen LogP) is 3.20. The van der Waals surface area contributed by atoms with Crippen LogP contribution >= 0.6 is 0 Å². The largest absolute Gasteiger partial charge is 0.489 e. The lowest BCUT2D eigenvalue weighted by Gasteiger charge is -2.28. The Hall–Kier alpha value is -2.39. The Morgan fingerprint density at radius 2 is 2.07 bits per heavy atom. The number of anilines is 1. The maximum absolute atomic E-state index is 13.5. The molecule has 2 heterocycles. The van der Waals surface area contributed by atoms with E-state index in [2.05, 4.69) is 10.0 Å². The summed E-state index contributed by atoms with van der Waals surface area (Å²) in [6.07, 6.45) is 2.75. The number of amides is 1. The van der Waals surface area contributed by atoms with E-state index in [1.54, 1.807) is 14.0 Å². The molecule has 0 aliphatic carbocycles. The molecule has 0 spiro atoms. The van der Waals surface area contributed by atoms with Gasteiger partial charge in [-0.05, 0) is 43.5 Å². The van der Waals surface area contributed by atoms with Crippen molar-refractivity contribution in [3.05, 3.63) is 41.5 Å². The molecule has 29 heavy (non-hydrogen) atoms. The van der Waals surface area contributed by atoms with Gasteiger partial charge >= 0.3 is 0 Å². The molecule has 1 unspecified atom stereocenters. The molecule has 0 radical (unpaired) electrons. The minimum absolute atomic E-state index is 0.0150. The first-order chi connectivity index (χ1) is 13.7. The molecular weight excluding hydrogens is 397 g/mol. The lowest BCUT2D eigenvalue weighted by Crippen LogP contribution is -2.43. The molecule has 1 amide bonds. The molecule has 2 atom stereocenters. The lowest BCUT2D eigenvalue weighted by molar-refractivity contribution is 0.101. The smallest absolute Gasteiger partial charge is 0.276 e. The standard InChI is InChI=1S/C20H26FN3O4S/c1-5-13-11-28-19-17(29(26,27)23-16(13)6-2)10-24(4)18(19)20(25)22-14-7-8-15(21)12(3)9-14/h7-10,13,16,23H,5-6,11H2,1-4H3,(H,22,25)/t13?,16-/m0/s1. The molecule has 1 aliphatic heterocycles. The van der Waals surface area contributed by atoms with Gasteiger partial charge < -0.3 is 14.6 Å². The van der Waals surface area contributed by atoms with Crippen LogP contribution in [0.1, 0.15) is 42.7 Å². The molecular formula is C20H26FN3O4S. The molecule has 9 heteroatoms. The zero-order valence-electron chi connectivity index (χ0n) is 17.0. The van der Waals surface area contributed by atoms with Crippen molar-refractivity contribution in [1.82, 2.24) is 9.29 Å². The minimum atomic E-state index is -3.85. The molecule has 2 N–H and O–H groups in total. The van der Waals surface area contributed by atoms with Crippen molar-refractivity contribution in [3.63, 3.8) is 0 Å². The van der Waals surface area contributed by atoms with Crippen LogP contribution in [0.2, 0.25) is 0 Å². The normalized spacial score (nSPS) is 20.9. The van der Waals surface area contributed by atoms with Gasteiger partial charge in [-0.25, -0.2) is 17.5 Å². The fraction of sp³-hybridized carbons (Fsp3) is 0.450. The summed E-state index contributed by atoms with van der Waals surface area (Å²) in [6, 6.07) is 3.99. The van der Waals surface area contributed by atoms with E-state index in [0.29, 0.717) is 24.3 Å². The molecule has 0 fully saturated rings. The van der Waals surface area contributed by atoms with Gasteiger partial charge in [0.25, 0.3) is 5.91 Å². The molecule has 0 saturated heterocycles. The number of sulfonamides is 1. The molecule has 158 valence electrons. The van der Waals surface area contributed by atoms with E-state index in [-0.39, 0.29) is 34.1 Å². The van der Waals surface area contributed by atoms with Crippen LogP contribution in [0.3, 0.4) is 0 Å².